The molecule has 1 amide bonds. The highest BCUT2D eigenvalue weighted by atomic mass is 16.2. The molecule has 0 radical (unpaired) electrons. The highest BCUT2D eigenvalue weighted by molar-refractivity contribution is 5.94. The van der Waals surface area contributed by atoms with Crippen LogP contribution >= 0.6 is 0 Å². The molecule has 1 saturated heterocycles. The number of rotatable bonds is 2. The maximum absolute atomic E-state index is 12.8. The summed E-state index contributed by atoms with van der Waals surface area (Å²) in [6.07, 6.45) is 1.94. The zero-order chi connectivity index (χ0) is 17.4. The van der Waals surface area contributed by atoms with Crippen molar-refractivity contribution >= 4 is 5.91 Å². The molecule has 6 nitrogen and oxygen atoms in total. The Balaban J connectivity index is 2.31. The topological polar surface area (TPSA) is 92.1 Å². The third kappa shape index (κ3) is 3.80. The predicted molar refractivity (Wildman–Crippen MR) is 90.6 cm³/mol. The fourth-order valence-corrected chi connectivity index (χ4v) is 2.97. The fraction of sp³-hybridized carbons (Fsp3) is 0.706. The molecule has 0 bridgehead atoms. The predicted octanol–water partition coefficient (Wildman–Crippen LogP) is 1.58. The van der Waals surface area contributed by atoms with Gasteiger partial charge in [-0.15, -0.1) is 0 Å². The minimum atomic E-state index is -0.352. The molecule has 1 fully saturated rings. The van der Waals surface area contributed by atoms with Gasteiger partial charge in [0.1, 0.15) is 11.4 Å². The molecule has 128 valence electrons. The van der Waals surface area contributed by atoms with Crippen molar-refractivity contribution in [3.8, 4) is 0 Å². The van der Waals surface area contributed by atoms with Crippen LogP contribution in [-0.2, 0) is 5.41 Å². The number of aryl methyl sites for hydroxylation is 1. The van der Waals surface area contributed by atoms with Gasteiger partial charge in [0.15, 0.2) is 0 Å². The van der Waals surface area contributed by atoms with Gasteiger partial charge in [0.2, 0.25) is 0 Å². The highest BCUT2D eigenvalue weighted by Gasteiger charge is 2.30. The number of hydrogen-bond acceptors (Lipinski definition) is 4. The summed E-state index contributed by atoms with van der Waals surface area (Å²) in [5.41, 5.74) is 6.01. The van der Waals surface area contributed by atoms with Crippen molar-refractivity contribution in [2.75, 3.05) is 13.1 Å². The molecule has 0 aliphatic carbocycles. The number of nitrogens with two attached hydrogens (primary N) is 1. The minimum Gasteiger partial charge on any atom is -0.338 e. The third-order valence-corrected chi connectivity index (χ3v) is 4.51. The van der Waals surface area contributed by atoms with E-state index in [0.717, 1.165) is 12.8 Å². The van der Waals surface area contributed by atoms with Gasteiger partial charge in [0.25, 0.3) is 11.5 Å². The van der Waals surface area contributed by atoms with Gasteiger partial charge in [-0.1, -0.05) is 20.8 Å². The second kappa shape index (κ2) is 6.43. The molecule has 2 heterocycles. The molecule has 2 rings (SSSR count). The molecular weight excluding hydrogens is 292 g/mol. The number of piperidine rings is 1. The van der Waals surface area contributed by atoms with Crippen LogP contribution in [0.1, 0.15) is 62.4 Å². The summed E-state index contributed by atoms with van der Waals surface area (Å²) < 4.78 is 0. The largest absolute Gasteiger partial charge is 0.338 e. The van der Waals surface area contributed by atoms with E-state index in [1.807, 2.05) is 27.7 Å². The number of aromatic amines is 1. The molecule has 0 saturated carbocycles. The normalized spacial score (nSPS) is 20.4. The number of aromatic nitrogens is 2. The Morgan fingerprint density at radius 3 is 2.61 bits per heavy atom. The lowest BCUT2D eigenvalue weighted by Crippen LogP contribution is -2.46. The van der Waals surface area contributed by atoms with Crippen LogP contribution in [0.25, 0.3) is 0 Å². The Morgan fingerprint density at radius 2 is 2.09 bits per heavy atom. The van der Waals surface area contributed by atoms with Gasteiger partial charge in [0, 0.05) is 24.5 Å². The molecule has 6 heteroatoms. The average molecular weight is 320 g/mol. The van der Waals surface area contributed by atoms with Crippen molar-refractivity contribution in [3.63, 3.8) is 0 Å². The first-order chi connectivity index (χ1) is 10.6. The Morgan fingerprint density at radius 1 is 1.43 bits per heavy atom. The second-order valence-electron chi connectivity index (χ2n) is 7.64. The number of nitrogens with zero attached hydrogens (tertiary/aromatic N) is 2. The molecule has 2 unspecified atom stereocenters. The molecular formula is C17H28N4O2. The summed E-state index contributed by atoms with van der Waals surface area (Å²) in [5, 5.41) is 0. The van der Waals surface area contributed by atoms with E-state index in [0.29, 0.717) is 24.6 Å². The van der Waals surface area contributed by atoms with Crippen LogP contribution in [0.3, 0.4) is 0 Å². The standard InChI is InChI=1S/C17H28N4O2/c1-10(18)12-7-6-8-21(9-12)15(23)13-11(2)19-16(17(3,4)5)20-14(13)22/h10,12H,6-9,18H2,1-5H3,(H,19,20,22). The van der Waals surface area contributed by atoms with E-state index in [-0.39, 0.29) is 34.4 Å². The Kier molecular flexibility index (Phi) is 4.94. The molecule has 0 spiro atoms. The number of amides is 1. The molecule has 2 atom stereocenters. The summed E-state index contributed by atoms with van der Waals surface area (Å²) in [5.74, 6) is 0.652. The Bertz CT molecular complexity index is 643. The number of hydrogen-bond donors (Lipinski definition) is 2. The van der Waals surface area contributed by atoms with Crippen LogP contribution in [0, 0.1) is 12.8 Å². The van der Waals surface area contributed by atoms with Crippen LogP contribution in [-0.4, -0.2) is 39.9 Å². The van der Waals surface area contributed by atoms with Crippen LogP contribution in [0.4, 0.5) is 0 Å². The molecule has 1 aromatic heterocycles. The molecule has 1 aliphatic heterocycles. The summed E-state index contributed by atoms with van der Waals surface area (Å²) in [7, 11) is 0. The molecule has 1 aromatic rings. The van der Waals surface area contributed by atoms with Crippen molar-refractivity contribution in [1.82, 2.24) is 14.9 Å². The SMILES string of the molecule is Cc1nc(C(C)(C)C)[nH]c(=O)c1C(=O)N1CCCC(C(C)N)C1. The summed E-state index contributed by atoms with van der Waals surface area (Å²) in [4.78, 5) is 34.2. The lowest BCUT2D eigenvalue weighted by Gasteiger charge is -2.34. The smallest absolute Gasteiger partial charge is 0.264 e. The molecule has 1 aliphatic rings. The van der Waals surface area contributed by atoms with Gasteiger partial charge in [-0.3, -0.25) is 9.59 Å². The van der Waals surface area contributed by atoms with Gasteiger partial charge < -0.3 is 15.6 Å². The Labute approximate surface area is 137 Å². The first-order valence-electron chi connectivity index (χ1n) is 8.27. The van der Waals surface area contributed by atoms with Gasteiger partial charge in [-0.2, -0.15) is 0 Å². The van der Waals surface area contributed by atoms with Crippen molar-refractivity contribution in [2.45, 2.75) is 58.9 Å². The number of likely N-dealkylation sites (tertiary alicyclic amines) is 1. The lowest BCUT2D eigenvalue weighted by atomic mass is 9.91. The van der Waals surface area contributed by atoms with E-state index >= 15 is 0 Å². The maximum Gasteiger partial charge on any atom is 0.264 e. The summed E-state index contributed by atoms with van der Waals surface area (Å²) in [6.45, 7) is 10.9. The average Bonchev–Trinajstić information content (AvgIpc) is 2.45. The van der Waals surface area contributed by atoms with E-state index in [2.05, 4.69) is 9.97 Å². The van der Waals surface area contributed by atoms with Crippen LogP contribution in [0.15, 0.2) is 4.79 Å². The fourth-order valence-electron chi connectivity index (χ4n) is 2.97. The van der Waals surface area contributed by atoms with E-state index in [9.17, 15) is 9.59 Å². The van der Waals surface area contributed by atoms with E-state index < -0.39 is 0 Å². The van der Waals surface area contributed by atoms with Gasteiger partial charge in [0.05, 0.1) is 5.69 Å². The van der Waals surface area contributed by atoms with Crippen molar-refractivity contribution in [1.29, 1.82) is 0 Å². The van der Waals surface area contributed by atoms with Crippen LogP contribution < -0.4 is 11.3 Å². The Hall–Kier alpha value is -1.69. The zero-order valence-electron chi connectivity index (χ0n) is 14.8. The van der Waals surface area contributed by atoms with Crippen LogP contribution in [0.2, 0.25) is 0 Å². The van der Waals surface area contributed by atoms with Gasteiger partial charge in [-0.25, -0.2) is 4.98 Å². The van der Waals surface area contributed by atoms with Crippen molar-refractivity contribution in [3.05, 3.63) is 27.4 Å². The molecule has 3 N–H and O–H groups in total. The van der Waals surface area contributed by atoms with E-state index in [4.69, 9.17) is 5.73 Å². The van der Waals surface area contributed by atoms with Crippen LogP contribution in [0.5, 0.6) is 0 Å². The monoisotopic (exact) mass is 320 g/mol. The maximum atomic E-state index is 12.8. The summed E-state index contributed by atoms with van der Waals surface area (Å²) in [6, 6.07) is 0.0476. The van der Waals surface area contributed by atoms with Crippen molar-refractivity contribution < 1.29 is 4.79 Å². The number of carbonyl (C=O) groups excluding carboxylic acids is 1. The first kappa shape index (κ1) is 17.7. The number of nitrogens with one attached hydrogen (secondary N) is 1. The summed E-state index contributed by atoms with van der Waals surface area (Å²) >= 11 is 0. The third-order valence-electron chi connectivity index (χ3n) is 4.51. The van der Waals surface area contributed by atoms with E-state index in [1.165, 1.54) is 0 Å². The number of carbonyl (C=O) groups is 1. The molecule has 0 aromatic carbocycles. The van der Waals surface area contributed by atoms with Crippen molar-refractivity contribution in [2.24, 2.45) is 11.7 Å². The van der Waals surface area contributed by atoms with Gasteiger partial charge >= 0.3 is 0 Å². The van der Waals surface area contributed by atoms with Gasteiger partial charge in [-0.05, 0) is 32.6 Å². The number of H-pyrrole nitrogens is 1. The first-order valence-corrected chi connectivity index (χ1v) is 8.27. The highest BCUT2D eigenvalue weighted by Crippen LogP contribution is 2.21. The van der Waals surface area contributed by atoms with E-state index in [1.54, 1.807) is 11.8 Å². The zero-order valence-corrected chi connectivity index (χ0v) is 14.8. The quantitative estimate of drug-likeness (QED) is 0.865. The second-order valence-corrected chi connectivity index (χ2v) is 7.64. The molecule has 23 heavy (non-hydrogen) atoms. The minimum absolute atomic E-state index is 0.0476. The lowest BCUT2D eigenvalue weighted by molar-refractivity contribution is 0.0657.